The van der Waals surface area contributed by atoms with Crippen molar-refractivity contribution in [3.05, 3.63) is 54.0 Å². The summed E-state index contributed by atoms with van der Waals surface area (Å²) in [7, 11) is 0. The van der Waals surface area contributed by atoms with Crippen LogP contribution < -0.4 is 15.0 Å². The Balaban J connectivity index is 1.50. The topological polar surface area (TPSA) is 57.7 Å². The molecule has 0 atom stereocenters. The third-order valence-electron chi connectivity index (χ3n) is 4.32. The second-order valence-corrected chi connectivity index (χ2v) is 6.01. The van der Waals surface area contributed by atoms with Gasteiger partial charge in [-0.3, -0.25) is 0 Å². The summed E-state index contributed by atoms with van der Waals surface area (Å²) in [6.07, 6.45) is 1.67. The quantitative estimate of drug-likeness (QED) is 0.893. The summed E-state index contributed by atoms with van der Waals surface area (Å²) in [5.41, 5.74) is 1.83. The van der Waals surface area contributed by atoms with Gasteiger partial charge in [-0.1, -0.05) is 6.07 Å². The standard InChI is InChI=1S/C19H23FN4O2/c1-2-26-18-15(4-3-9-21-18)14-22-19(25)24-12-10-23(11-13-24)17-7-5-16(20)6-8-17/h3-9H,2,10-14H2,1H3,(H,22,25). The van der Waals surface area contributed by atoms with E-state index in [2.05, 4.69) is 15.2 Å². The number of aromatic nitrogens is 1. The number of hydrogen-bond acceptors (Lipinski definition) is 4. The van der Waals surface area contributed by atoms with Crippen molar-refractivity contribution in [2.24, 2.45) is 0 Å². The zero-order chi connectivity index (χ0) is 18.4. The van der Waals surface area contributed by atoms with E-state index in [9.17, 15) is 9.18 Å². The Morgan fingerprint density at radius 1 is 1.19 bits per heavy atom. The molecule has 1 aromatic carbocycles. The first-order valence-electron chi connectivity index (χ1n) is 8.77. The van der Waals surface area contributed by atoms with E-state index in [-0.39, 0.29) is 11.8 Å². The number of nitrogens with one attached hydrogen (secondary N) is 1. The third kappa shape index (κ3) is 4.41. The highest BCUT2D eigenvalue weighted by Crippen LogP contribution is 2.17. The van der Waals surface area contributed by atoms with Crippen LogP contribution in [0.25, 0.3) is 0 Å². The number of urea groups is 1. The van der Waals surface area contributed by atoms with Gasteiger partial charge in [0.25, 0.3) is 0 Å². The Hall–Kier alpha value is -2.83. The molecule has 0 spiro atoms. The fourth-order valence-corrected chi connectivity index (χ4v) is 2.93. The molecular formula is C19H23FN4O2. The molecule has 26 heavy (non-hydrogen) atoms. The summed E-state index contributed by atoms with van der Waals surface area (Å²) in [6, 6.07) is 10.1. The zero-order valence-electron chi connectivity index (χ0n) is 14.8. The summed E-state index contributed by atoms with van der Waals surface area (Å²) in [5, 5.41) is 2.93. The lowest BCUT2D eigenvalue weighted by molar-refractivity contribution is 0.193. The van der Waals surface area contributed by atoms with Gasteiger partial charge in [-0.25, -0.2) is 14.2 Å². The summed E-state index contributed by atoms with van der Waals surface area (Å²) in [4.78, 5) is 20.5. The summed E-state index contributed by atoms with van der Waals surface area (Å²) >= 11 is 0. The van der Waals surface area contributed by atoms with E-state index in [0.29, 0.717) is 32.1 Å². The number of anilines is 1. The Morgan fingerprint density at radius 3 is 2.62 bits per heavy atom. The van der Waals surface area contributed by atoms with Gasteiger partial charge in [0.15, 0.2) is 0 Å². The van der Waals surface area contributed by atoms with Crippen LogP contribution in [0.4, 0.5) is 14.9 Å². The van der Waals surface area contributed by atoms with Crippen molar-refractivity contribution in [2.45, 2.75) is 13.5 Å². The van der Waals surface area contributed by atoms with Crippen LogP contribution in [0.1, 0.15) is 12.5 Å². The lowest BCUT2D eigenvalue weighted by Gasteiger charge is -2.36. The first-order chi connectivity index (χ1) is 12.7. The van der Waals surface area contributed by atoms with Gasteiger partial charge in [0, 0.05) is 50.2 Å². The van der Waals surface area contributed by atoms with Crippen molar-refractivity contribution in [3.63, 3.8) is 0 Å². The van der Waals surface area contributed by atoms with Gasteiger partial charge in [-0.15, -0.1) is 0 Å². The van der Waals surface area contributed by atoms with Crippen LogP contribution in [-0.4, -0.2) is 48.7 Å². The Bertz CT molecular complexity index is 731. The van der Waals surface area contributed by atoms with Crippen LogP contribution >= 0.6 is 0 Å². The van der Waals surface area contributed by atoms with Crippen LogP contribution in [0.15, 0.2) is 42.6 Å². The van der Waals surface area contributed by atoms with Gasteiger partial charge < -0.3 is 19.9 Å². The lowest BCUT2D eigenvalue weighted by atomic mass is 10.2. The molecule has 6 nitrogen and oxygen atoms in total. The molecule has 0 bridgehead atoms. The van der Waals surface area contributed by atoms with Crippen molar-refractivity contribution < 1.29 is 13.9 Å². The van der Waals surface area contributed by atoms with E-state index >= 15 is 0 Å². The highest BCUT2D eigenvalue weighted by molar-refractivity contribution is 5.74. The molecule has 1 saturated heterocycles. The molecule has 1 aromatic heterocycles. The van der Waals surface area contributed by atoms with Crippen molar-refractivity contribution in [1.29, 1.82) is 0 Å². The fraction of sp³-hybridized carbons (Fsp3) is 0.368. The number of rotatable bonds is 5. The number of amides is 2. The molecule has 7 heteroatoms. The van der Waals surface area contributed by atoms with E-state index in [4.69, 9.17) is 4.74 Å². The van der Waals surface area contributed by atoms with Crippen molar-refractivity contribution >= 4 is 11.7 Å². The average Bonchev–Trinajstić information content (AvgIpc) is 2.68. The van der Waals surface area contributed by atoms with E-state index < -0.39 is 0 Å². The van der Waals surface area contributed by atoms with E-state index in [1.165, 1.54) is 12.1 Å². The number of nitrogens with zero attached hydrogens (tertiary/aromatic N) is 3. The number of hydrogen-bond donors (Lipinski definition) is 1. The Labute approximate surface area is 152 Å². The monoisotopic (exact) mass is 358 g/mol. The number of ether oxygens (including phenoxy) is 1. The predicted octanol–water partition coefficient (Wildman–Crippen LogP) is 2.65. The largest absolute Gasteiger partial charge is 0.478 e. The van der Waals surface area contributed by atoms with Crippen LogP contribution in [0.2, 0.25) is 0 Å². The molecule has 2 aromatic rings. The minimum atomic E-state index is -0.242. The number of piperazine rings is 1. The van der Waals surface area contributed by atoms with Gasteiger partial charge >= 0.3 is 6.03 Å². The molecule has 1 fully saturated rings. The molecule has 1 aliphatic rings. The predicted molar refractivity (Wildman–Crippen MR) is 97.8 cm³/mol. The Kier molecular flexibility index (Phi) is 5.88. The maximum absolute atomic E-state index is 13.0. The average molecular weight is 358 g/mol. The van der Waals surface area contributed by atoms with Crippen LogP contribution in [-0.2, 0) is 6.54 Å². The van der Waals surface area contributed by atoms with Crippen LogP contribution in [0, 0.1) is 5.82 Å². The van der Waals surface area contributed by atoms with E-state index in [1.807, 2.05) is 19.1 Å². The van der Waals surface area contributed by atoms with Crippen molar-refractivity contribution in [3.8, 4) is 5.88 Å². The number of carbonyl (C=O) groups is 1. The highest BCUT2D eigenvalue weighted by atomic mass is 19.1. The number of carbonyl (C=O) groups excluding carboxylic acids is 1. The second kappa shape index (κ2) is 8.51. The molecule has 2 heterocycles. The fourth-order valence-electron chi connectivity index (χ4n) is 2.93. The molecule has 3 rings (SSSR count). The van der Waals surface area contributed by atoms with Gasteiger partial charge in [-0.2, -0.15) is 0 Å². The molecule has 0 radical (unpaired) electrons. The molecule has 2 amide bonds. The maximum atomic E-state index is 13.0. The maximum Gasteiger partial charge on any atom is 0.317 e. The number of benzene rings is 1. The molecule has 0 unspecified atom stereocenters. The van der Waals surface area contributed by atoms with E-state index in [1.54, 1.807) is 23.2 Å². The van der Waals surface area contributed by atoms with Gasteiger partial charge in [0.2, 0.25) is 5.88 Å². The minimum Gasteiger partial charge on any atom is -0.478 e. The normalized spacial score (nSPS) is 14.2. The SMILES string of the molecule is CCOc1ncccc1CNC(=O)N1CCN(c2ccc(F)cc2)CC1. The summed E-state index contributed by atoms with van der Waals surface area (Å²) in [6.45, 7) is 5.48. The van der Waals surface area contributed by atoms with Gasteiger partial charge in [-0.05, 0) is 37.3 Å². The van der Waals surface area contributed by atoms with Crippen LogP contribution in [0.5, 0.6) is 5.88 Å². The zero-order valence-corrected chi connectivity index (χ0v) is 14.8. The molecule has 138 valence electrons. The summed E-state index contributed by atoms with van der Waals surface area (Å²) in [5.74, 6) is 0.310. The van der Waals surface area contributed by atoms with E-state index in [0.717, 1.165) is 24.3 Å². The smallest absolute Gasteiger partial charge is 0.317 e. The third-order valence-corrected chi connectivity index (χ3v) is 4.32. The lowest BCUT2D eigenvalue weighted by Crippen LogP contribution is -2.51. The Morgan fingerprint density at radius 2 is 1.92 bits per heavy atom. The second-order valence-electron chi connectivity index (χ2n) is 6.01. The molecule has 1 N–H and O–H groups in total. The summed E-state index contributed by atoms with van der Waals surface area (Å²) < 4.78 is 18.5. The number of halogens is 1. The van der Waals surface area contributed by atoms with Crippen molar-refractivity contribution in [1.82, 2.24) is 15.2 Å². The molecular weight excluding hydrogens is 335 g/mol. The number of pyridine rings is 1. The molecule has 0 saturated carbocycles. The highest BCUT2D eigenvalue weighted by Gasteiger charge is 2.21. The first-order valence-corrected chi connectivity index (χ1v) is 8.77. The van der Waals surface area contributed by atoms with Crippen molar-refractivity contribution in [2.75, 3.05) is 37.7 Å². The van der Waals surface area contributed by atoms with Gasteiger partial charge in [0.05, 0.1) is 6.61 Å². The van der Waals surface area contributed by atoms with Gasteiger partial charge in [0.1, 0.15) is 5.82 Å². The molecule has 0 aliphatic carbocycles. The first kappa shape index (κ1) is 18.0. The minimum absolute atomic E-state index is 0.102. The molecule has 1 aliphatic heterocycles. The van der Waals surface area contributed by atoms with Crippen LogP contribution in [0.3, 0.4) is 0 Å².